The lowest BCUT2D eigenvalue weighted by Crippen LogP contribution is -2.45. The molecule has 0 spiro atoms. The maximum absolute atomic E-state index is 5.56. The first-order valence-corrected chi connectivity index (χ1v) is 7.83. The highest BCUT2D eigenvalue weighted by atomic mass is 79.9. The molecule has 1 aromatic rings. The van der Waals surface area contributed by atoms with Gasteiger partial charge in [0.1, 0.15) is 5.75 Å². The van der Waals surface area contributed by atoms with E-state index in [0.29, 0.717) is 6.04 Å². The zero-order chi connectivity index (χ0) is 14.5. The Morgan fingerprint density at radius 2 is 2.15 bits per heavy atom. The third-order valence-electron chi connectivity index (χ3n) is 3.68. The molecule has 0 aliphatic carbocycles. The maximum Gasteiger partial charge on any atom is 0.123 e. The van der Waals surface area contributed by atoms with Crippen LogP contribution in [0.25, 0.3) is 0 Å². The summed E-state index contributed by atoms with van der Waals surface area (Å²) in [5, 5.41) is 3.41. The number of rotatable bonds is 5. The van der Waals surface area contributed by atoms with Gasteiger partial charge in [-0.25, -0.2) is 0 Å². The average molecular weight is 339 g/mol. The Morgan fingerprint density at radius 3 is 2.75 bits per heavy atom. The van der Waals surface area contributed by atoms with Crippen molar-refractivity contribution in [3.8, 4) is 5.75 Å². The van der Waals surface area contributed by atoms with Crippen molar-refractivity contribution in [2.45, 2.75) is 19.4 Å². The fourth-order valence-corrected chi connectivity index (χ4v) is 3.10. The van der Waals surface area contributed by atoms with Crippen molar-refractivity contribution in [3.05, 3.63) is 40.4 Å². The molecule has 0 saturated carbocycles. The van der Waals surface area contributed by atoms with E-state index in [4.69, 9.17) is 4.74 Å². The third-order valence-corrected chi connectivity index (χ3v) is 4.18. The molecule has 1 aliphatic heterocycles. The number of nitrogens with zero attached hydrogens (tertiary/aromatic N) is 1. The van der Waals surface area contributed by atoms with E-state index >= 15 is 0 Å². The monoisotopic (exact) mass is 338 g/mol. The minimum Gasteiger partial charge on any atom is -0.496 e. The smallest absolute Gasteiger partial charge is 0.123 e. The second-order valence-corrected chi connectivity index (χ2v) is 6.26. The van der Waals surface area contributed by atoms with Crippen LogP contribution in [0.1, 0.15) is 24.9 Å². The van der Waals surface area contributed by atoms with Gasteiger partial charge in [0.05, 0.1) is 7.11 Å². The van der Waals surface area contributed by atoms with Gasteiger partial charge in [-0.2, -0.15) is 0 Å². The summed E-state index contributed by atoms with van der Waals surface area (Å²) in [4.78, 5) is 2.52. The summed E-state index contributed by atoms with van der Waals surface area (Å²) in [5.41, 5.74) is 2.45. The van der Waals surface area contributed by atoms with Crippen molar-refractivity contribution < 1.29 is 4.74 Å². The molecule has 1 heterocycles. The summed E-state index contributed by atoms with van der Waals surface area (Å²) in [7, 11) is 1.74. The predicted molar refractivity (Wildman–Crippen MR) is 87.3 cm³/mol. The van der Waals surface area contributed by atoms with Crippen LogP contribution in [0.4, 0.5) is 0 Å². The average Bonchev–Trinajstić information content (AvgIpc) is 2.45. The van der Waals surface area contributed by atoms with Gasteiger partial charge in [0.15, 0.2) is 0 Å². The Kier molecular flexibility index (Phi) is 5.64. The van der Waals surface area contributed by atoms with Crippen LogP contribution in [0.5, 0.6) is 5.75 Å². The van der Waals surface area contributed by atoms with E-state index in [1.807, 2.05) is 12.1 Å². The SMILES string of the molecule is C=C(C)C[C@@H](c1cc(Br)ccc1OC)N1CCNCC1. The maximum atomic E-state index is 5.56. The first-order chi connectivity index (χ1) is 9.61. The Hall–Kier alpha value is -0.840. The van der Waals surface area contributed by atoms with E-state index in [1.54, 1.807) is 7.11 Å². The first-order valence-electron chi connectivity index (χ1n) is 7.04. The van der Waals surface area contributed by atoms with E-state index < -0.39 is 0 Å². The normalized spacial score (nSPS) is 17.8. The highest BCUT2D eigenvalue weighted by molar-refractivity contribution is 9.10. The van der Waals surface area contributed by atoms with Gasteiger partial charge in [0, 0.05) is 42.3 Å². The van der Waals surface area contributed by atoms with Crippen molar-refractivity contribution in [1.82, 2.24) is 10.2 Å². The predicted octanol–water partition coefficient (Wildman–Crippen LogP) is 3.37. The van der Waals surface area contributed by atoms with Gasteiger partial charge in [-0.1, -0.05) is 21.5 Å². The molecule has 1 fully saturated rings. The molecule has 0 amide bonds. The lowest BCUT2D eigenvalue weighted by atomic mass is 9.97. The van der Waals surface area contributed by atoms with Gasteiger partial charge < -0.3 is 10.1 Å². The van der Waals surface area contributed by atoms with Crippen LogP contribution in [-0.4, -0.2) is 38.2 Å². The topological polar surface area (TPSA) is 24.5 Å². The minimum atomic E-state index is 0.335. The zero-order valence-electron chi connectivity index (χ0n) is 12.3. The summed E-state index contributed by atoms with van der Waals surface area (Å²) in [5.74, 6) is 0.956. The molecule has 2 rings (SSSR count). The summed E-state index contributed by atoms with van der Waals surface area (Å²) in [6.45, 7) is 10.4. The second kappa shape index (κ2) is 7.25. The fourth-order valence-electron chi connectivity index (χ4n) is 2.73. The second-order valence-electron chi connectivity index (χ2n) is 5.35. The molecule has 0 aromatic heterocycles. The van der Waals surface area contributed by atoms with Crippen LogP contribution in [0.2, 0.25) is 0 Å². The van der Waals surface area contributed by atoms with Crippen molar-refractivity contribution in [3.63, 3.8) is 0 Å². The zero-order valence-corrected chi connectivity index (χ0v) is 13.9. The number of piperazine rings is 1. The Labute approximate surface area is 130 Å². The summed E-state index contributed by atoms with van der Waals surface area (Å²) < 4.78 is 6.65. The molecule has 20 heavy (non-hydrogen) atoms. The van der Waals surface area contributed by atoms with Crippen molar-refractivity contribution in [1.29, 1.82) is 0 Å². The first kappa shape index (κ1) is 15.5. The molecule has 0 unspecified atom stereocenters. The quantitative estimate of drug-likeness (QED) is 0.833. The molecule has 0 radical (unpaired) electrons. The van der Waals surface area contributed by atoms with Crippen LogP contribution in [0.15, 0.2) is 34.8 Å². The van der Waals surface area contributed by atoms with Gasteiger partial charge in [0.2, 0.25) is 0 Å². The number of hydrogen-bond donors (Lipinski definition) is 1. The number of halogens is 1. The lowest BCUT2D eigenvalue weighted by Gasteiger charge is -2.36. The van der Waals surface area contributed by atoms with Crippen molar-refractivity contribution in [2.75, 3.05) is 33.3 Å². The molecule has 1 atom stereocenters. The van der Waals surface area contributed by atoms with Crippen molar-refractivity contribution in [2.24, 2.45) is 0 Å². The summed E-state index contributed by atoms with van der Waals surface area (Å²) in [6.07, 6.45) is 0.965. The van der Waals surface area contributed by atoms with Gasteiger partial charge in [0.25, 0.3) is 0 Å². The lowest BCUT2D eigenvalue weighted by molar-refractivity contribution is 0.169. The highest BCUT2D eigenvalue weighted by Crippen LogP contribution is 2.35. The molecule has 4 heteroatoms. The van der Waals surface area contributed by atoms with E-state index in [-0.39, 0.29) is 0 Å². The van der Waals surface area contributed by atoms with Crippen LogP contribution < -0.4 is 10.1 Å². The molecule has 1 aliphatic rings. The Morgan fingerprint density at radius 1 is 1.45 bits per heavy atom. The highest BCUT2D eigenvalue weighted by Gasteiger charge is 2.25. The largest absolute Gasteiger partial charge is 0.496 e. The molecular weight excluding hydrogens is 316 g/mol. The summed E-state index contributed by atoms with van der Waals surface area (Å²) in [6, 6.07) is 6.57. The number of benzene rings is 1. The Balaban J connectivity index is 2.34. The van der Waals surface area contributed by atoms with Gasteiger partial charge >= 0.3 is 0 Å². The fraction of sp³-hybridized carbons (Fsp3) is 0.500. The van der Waals surface area contributed by atoms with Crippen molar-refractivity contribution >= 4 is 15.9 Å². The van der Waals surface area contributed by atoms with Crippen LogP contribution in [0.3, 0.4) is 0 Å². The molecule has 3 nitrogen and oxygen atoms in total. The summed E-state index contributed by atoms with van der Waals surface area (Å²) >= 11 is 3.58. The van der Waals surface area contributed by atoms with Gasteiger partial charge in [-0.3, -0.25) is 4.90 Å². The molecule has 1 aromatic carbocycles. The van der Waals surface area contributed by atoms with Gasteiger partial charge in [-0.15, -0.1) is 6.58 Å². The molecule has 1 saturated heterocycles. The minimum absolute atomic E-state index is 0.335. The van der Waals surface area contributed by atoms with E-state index in [1.165, 1.54) is 11.1 Å². The van der Waals surface area contributed by atoms with Crippen LogP contribution in [-0.2, 0) is 0 Å². The number of nitrogens with one attached hydrogen (secondary N) is 1. The molecule has 1 N–H and O–H groups in total. The number of methoxy groups -OCH3 is 1. The molecule has 0 bridgehead atoms. The molecular formula is C16H23BrN2O. The van der Waals surface area contributed by atoms with Gasteiger partial charge in [-0.05, 0) is 31.5 Å². The number of hydrogen-bond acceptors (Lipinski definition) is 3. The van der Waals surface area contributed by atoms with Crippen LogP contribution >= 0.6 is 15.9 Å². The Bertz CT molecular complexity index is 470. The van der Waals surface area contributed by atoms with E-state index in [0.717, 1.165) is 42.8 Å². The van der Waals surface area contributed by atoms with Crippen LogP contribution in [0, 0.1) is 0 Å². The van der Waals surface area contributed by atoms with E-state index in [9.17, 15) is 0 Å². The number of ether oxygens (including phenoxy) is 1. The molecule has 110 valence electrons. The van der Waals surface area contributed by atoms with E-state index in [2.05, 4.69) is 45.7 Å². The standard InChI is InChI=1S/C16H23BrN2O/c1-12(2)10-15(19-8-6-18-7-9-19)14-11-13(17)4-5-16(14)20-3/h4-5,11,15,18H,1,6-10H2,2-3H3/t15-/m0/s1. The third kappa shape index (κ3) is 3.84.